The van der Waals surface area contributed by atoms with Gasteiger partial charge >= 0.3 is 6.03 Å². The summed E-state index contributed by atoms with van der Waals surface area (Å²) in [5, 5.41) is 1.89. The zero-order valence-corrected chi connectivity index (χ0v) is 6.75. The molecule has 12 heavy (non-hydrogen) atoms. The molecule has 0 aliphatic carbocycles. The number of rotatable bonds is 4. The number of urea groups is 1. The summed E-state index contributed by atoms with van der Waals surface area (Å²) in [6.45, 7) is 0.470. The van der Waals surface area contributed by atoms with E-state index in [2.05, 4.69) is 0 Å². The lowest BCUT2D eigenvalue weighted by molar-refractivity contribution is -0.121. The summed E-state index contributed by atoms with van der Waals surface area (Å²) in [6, 6.07) is -1.59. The van der Waals surface area contributed by atoms with Crippen LogP contribution in [0, 0.1) is 0 Å². The SMILES string of the molecule is NCCC[C@@H](N)C(=O)NC(N)=O. The Labute approximate surface area is 70.5 Å². The van der Waals surface area contributed by atoms with Crippen LogP contribution in [0.1, 0.15) is 12.8 Å². The van der Waals surface area contributed by atoms with Crippen LogP contribution in [-0.4, -0.2) is 24.5 Å². The highest BCUT2D eigenvalue weighted by atomic mass is 16.2. The maximum atomic E-state index is 10.9. The predicted octanol–water partition coefficient (Wildman–Crippen LogP) is -1.75. The van der Waals surface area contributed by atoms with Gasteiger partial charge in [-0.1, -0.05) is 0 Å². The molecule has 0 aromatic carbocycles. The topological polar surface area (TPSA) is 124 Å². The van der Waals surface area contributed by atoms with Crippen molar-refractivity contribution in [3.63, 3.8) is 0 Å². The Kier molecular flexibility index (Phi) is 4.98. The molecule has 70 valence electrons. The number of nitrogens with two attached hydrogens (primary N) is 3. The van der Waals surface area contributed by atoms with Gasteiger partial charge in [0, 0.05) is 0 Å². The molecular formula is C6H14N4O2. The van der Waals surface area contributed by atoms with Gasteiger partial charge in [0.25, 0.3) is 0 Å². The number of primary amides is 1. The summed E-state index contributed by atoms with van der Waals surface area (Å²) in [5.74, 6) is -0.559. The third kappa shape index (κ3) is 4.64. The van der Waals surface area contributed by atoms with Crippen LogP contribution in [-0.2, 0) is 4.79 Å². The molecule has 3 amide bonds. The smallest absolute Gasteiger partial charge is 0.318 e. The molecule has 0 aliphatic rings. The van der Waals surface area contributed by atoms with E-state index in [-0.39, 0.29) is 0 Å². The molecule has 0 saturated carbocycles. The standard InChI is InChI=1S/C6H14N4O2/c7-3-1-2-4(8)5(11)10-6(9)12/h4H,1-3,7-8H2,(H3,9,10,11,12)/t4-/m1/s1. The van der Waals surface area contributed by atoms with Gasteiger partial charge in [0.15, 0.2) is 0 Å². The fraction of sp³-hybridized carbons (Fsp3) is 0.667. The van der Waals surface area contributed by atoms with Gasteiger partial charge in [-0.25, -0.2) is 4.79 Å². The Morgan fingerprint density at radius 3 is 2.42 bits per heavy atom. The highest BCUT2D eigenvalue weighted by molar-refractivity contribution is 5.96. The second-order valence-corrected chi connectivity index (χ2v) is 2.39. The highest BCUT2D eigenvalue weighted by Crippen LogP contribution is 1.91. The van der Waals surface area contributed by atoms with E-state index >= 15 is 0 Å². The zero-order chi connectivity index (χ0) is 9.56. The van der Waals surface area contributed by atoms with Crippen molar-refractivity contribution in [1.82, 2.24) is 5.32 Å². The van der Waals surface area contributed by atoms with E-state index < -0.39 is 18.0 Å². The Hall–Kier alpha value is -1.14. The second-order valence-electron chi connectivity index (χ2n) is 2.39. The van der Waals surface area contributed by atoms with Crippen molar-refractivity contribution in [2.45, 2.75) is 18.9 Å². The van der Waals surface area contributed by atoms with Crippen molar-refractivity contribution in [2.75, 3.05) is 6.54 Å². The monoisotopic (exact) mass is 174 g/mol. The molecule has 0 aliphatic heterocycles. The molecule has 0 fully saturated rings. The van der Waals surface area contributed by atoms with Crippen molar-refractivity contribution >= 4 is 11.9 Å². The van der Waals surface area contributed by atoms with E-state index in [0.29, 0.717) is 19.4 Å². The van der Waals surface area contributed by atoms with E-state index in [0.717, 1.165) is 0 Å². The van der Waals surface area contributed by atoms with Gasteiger partial charge < -0.3 is 17.2 Å². The van der Waals surface area contributed by atoms with Gasteiger partial charge in [0.2, 0.25) is 5.91 Å². The summed E-state index contributed by atoms with van der Waals surface area (Å²) in [4.78, 5) is 21.1. The Morgan fingerprint density at radius 2 is 2.00 bits per heavy atom. The first-order valence-electron chi connectivity index (χ1n) is 3.64. The van der Waals surface area contributed by atoms with E-state index in [9.17, 15) is 9.59 Å². The van der Waals surface area contributed by atoms with E-state index in [1.807, 2.05) is 5.32 Å². The Morgan fingerprint density at radius 1 is 1.42 bits per heavy atom. The van der Waals surface area contributed by atoms with Crippen LogP contribution in [0.15, 0.2) is 0 Å². The lowest BCUT2D eigenvalue weighted by Crippen LogP contribution is -2.45. The molecule has 0 heterocycles. The van der Waals surface area contributed by atoms with E-state index in [4.69, 9.17) is 17.2 Å². The van der Waals surface area contributed by atoms with Gasteiger partial charge in [0.1, 0.15) is 0 Å². The first-order chi connectivity index (χ1) is 5.57. The predicted molar refractivity (Wildman–Crippen MR) is 44.0 cm³/mol. The summed E-state index contributed by atoms with van der Waals surface area (Å²) < 4.78 is 0. The van der Waals surface area contributed by atoms with E-state index in [1.54, 1.807) is 0 Å². The second kappa shape index (κ2) is 5.50. The molecule has 7 N–H and O–H groups in total. The number of carbonyl (C=O) groups is 2. The average Bonchev–Trinajstić information content (AvgIpc) is 1.98. The highest BCUT2D eigenvalue weighted by Gasteiger charge is 2.13. The maximum absolute atomic E-state index is 10.9. The van der Waals surface area contributed by atoms with Gasteiger partial charge in [0.05, 0.1) is 6.04 Å². The molecule has 6 heteroatoms. The number of hydrogen-bond donors (Lipinski definition) is 4. The van der Waals surface area contributed by atoms with Crippen LogP contribution in [0.5, 0.6) is 0 Å². The number of carbonyl (C=O) groups excluding carboxylic acids is 2. The maximum Gasteiger partial charge on any atom is 0.318 e. The minimum Gasteiger partial charge on any atom is -0.351 e. The average molecular weight is 174 g/mol. The molecule has 6 nitrogen and oxygen atoms in total. The number of hydrogen-bond acceptors (Lipinski definition) is 4. The third-order valence-electron chi connectivity index (χ3n) is 1.30. The number of imide groups is 1. The fourth-order valence-electron chi connectivity index (χ4n) is 0.683. The van der Waals surface area contributed by atoms with Crippen LogP contribution in [0.4, 0.5) is 4.79 Å². The first-order valence-corrected chi connectivity index (χ1v) is 3.64. The van der Waals surface area contributed by atoms with Crippen molar-refractivity contribution < 1.29 is 9.59 Å². The summed E-state index contributed by atoms with van der Waals surface area (Å²) in [6.07, 6.45) is 1.10. The van der Waals surface area contributed by atoms with Crippen LogP contribution in [0.25, 0.3) is 0 Å². The Bertz CT molecular complexity index is 171. The summed E-state index contributed by atoms with van der Waals surface area (Å²) in [5.41, 5.74) is 15.3. The number of amides is 3. The van der Waals surface area contributed by atoms with Crippen LogP contribution in [0.3, 0.4) is 0 Å². The first kappa shape index (κ1) is 10.9. The molecule has 0 aromatic heterocycles. The molecule has 0 aromatic rings. The van der Waals surface area contributed by atoms with Gasteiger partial charge in [-0.05, 0) is 19.4 Å². The van der Waals surface area contributed by atoms with Crippen LogP contribution >= 0.6 is 0 Å². The van der Waals surface area contributed by atoms with Crippen LogP contribution < -0.4 is 22.5 Å². The van der Waals surface area contributed by atoms with Crippen molar-refractivity contribution in [3.05, 3.63) is 0 Å². The van der Waals surface area contributed by atoms with Crippen molar-refractivity contribution in [3.8, 4) is 0 Å². The van der Waals surface area contributed by atoms with Crippen molar-refractivity contribution in [1.29, 1.82) is 0 Å². The van der Waals surface area contributed by atoms with Gasteiger partial charge in [-0.15, -0.1) is 0 Å². The molecule has 0 rings (SSSR count). The molecule has 0 bridgehead atoms. The summed E-state index contributed by atoms with van der Waals surface area (Å²) in [7, 11) is 0. The fourth-order valence-corrected chi connectivity index (χ4v) is 0.683. The van der Waals surface area contributed by atoms with Gasteiger partial charge in [-0.2, -0.15) is 0 Å². The lowest BCUT2D eigenvalue weighted by Gasteiger charge is -2.08. The van der Waals surface area contributed by atoms with Crippen molar-refractivity contribution in [2.24, 2.45) is 17.2 Å². The Balaban J connectivity index is 3.69. The largest absolute Gasteiger partial charge is 0.351 e. The molecular weight excluding hydrogens is 160 g/mol. The van der Waals surface area contributed by atoms with Crippen LogP contribution in [0.2, 0.25) is 0 Å². The normalized spacial score (nSPS) is 12.2. The lowest BCUT2D eigenvalue weighted by atomic mass is 10.1. The number of nitrogens with one attached hydrogen (secondary N) is 1. The third-order valence-corrected chi connectivity index (χ3v) is 1.30. The minimum atomic E-state index is -0.886. The molecule has 0 saturated heterocycles. The minimum absolute atomic E-state index is 0.454. The quantitative estimate of drug-likeness (QED) is 0.403. The van der Waals surface area contributed by atoms with Gasteiger partial charge in [-0.3, -0.25) is 10.1 Å². The van der Waals surface area contributed by atoms with E-state index in [1.165, 1.54) is 0 Å². The molecule has 1 atom stereocenters. The zero-order valence-electron chi connectivity index (χ0n) is 6.75. The molecule has 0 radical (unpaired) electrons. The summed E-state index contributed by atoms with van der Waals surface area (Å²) >= 11 is 0. The molecule has 0 spiro atoms. The molecule has 0 unspecified atom stereocenters.